The molecule has 0 amide bonds. The highest BCUT2D eigenvalue weighted by Crippen LogP contribution is 2.45. The number of hydrogen-bond acceptors (Lipinski definition) is 4. The molecular formula is C22H24N2O2. The fraction of sp³-hybridized carbons (Fsp3) is 0.409. The molecular weight excluding hydrogens is 324 g/mol. The number of fused-ring (bicyclic) bond motifs is 1. The predicted octanol–water partition coefficient (Wildman–Crippen LogP) is 4.01. The van der Waals surface area contributed by atoms with Gasteiger partial charge in [0.05, 0.1) is 12.7 Å². The summed E-state index contributed by atoms with van der Waals surface area (Å²) >= 11 is 0. The Kier molecular flexibility index (Phi) is 4.58. The van der Waals surface area contributed by atoms with Gasteiger partial charge in [0.15, 0.2) is 0 Å². The second-order valence-corrected chi connectivity index (χ2v) is 8.07. The lowest BCUT2D eigenvalue weighted by molar-refractivity contribution is 0.0599. The molecule has 0 unspecified atom stereocenters. The summed E-state index contributed by atoms with van der Waals surface area (Å²) in [6.07, 6.45) is 5.23. The highest BCUT2D eigenvalue weighted by Gasteiger charge is 2.36. The van der Waals surface area contributed by atoms with Gasteiger partial charge in [-0.15, -0.1) is 0 Å². The number of carbonyl (C=O) groups is 1. The molecule has 0 radical (unpaired) electrons. The van der Waals surface area contributed by atoms with Crippen molar-refractivity contribution in [3.05, 3.63) is 58.7 Å². The number of nitrogens with zero attached hydrogens (tertiary/aromatic N) is 2. The van der Waals surface area contributed by atoms with Crippen LogP contribution in [0.5, 0.6) is 0 Å². The van der Waals surface area contributed by atoms with Gasteiger partial charge < -0.3 is 4.74 Å². The van der Waals surface area contributed by atoms with E-state index in [1.807, 2.05) is 0 Å². The number of esters is 1. The summed E-state index contributed by atoms with van der Waals surface area (Å²) in [6.45, 7) is 9.21. The number of carbonyl (C=O) groups excluding carboxylic acids is 1. The molecule has 0 atom stereocenters. The molecule has 4 nitrogen and oxygen atoms in total. The van der Waals surface area contributed by atoms with E-state index in [2.05, 4.69) is 72.4 Å². The molecule has 26 heavy (non-hydrogen) atoms. The third-order valence-corrected chi connectivity index (χ3v) is 5.24. The van der Waals surface area contributed by atoms with Crippen molar-refractivity contribution in [2.45, 2.75) is 51.4 Å². The van der Waals surface area contributed by atoms with Crippen LogP contribution in [0.3, 0.4) is 0 Å². The van der Waals surface area contributed by atoms with E-state index in [0.29, 0.717) is 11.4 Å². The average molecular weight is 348 g/mol. The summed E-state index contributed by atoms with van der Waals surface area (Å²) in [5.74, 6) is 6.05. The summed E-state index contributed by atoms with van der Waals surface area (Å²) in [6, 6.07) is 6.48. The van der Waals surface area contributed by atoms with Gasteiger partial charge in [-0.25, -0.2) is 14.8 Å². The van der Waals surface area contributed by atoms with Crippen LogP contribution in [0.15, 0.2) is 30.6 Å². The van der Waals surface area contributed by atoms with Crippen molar-refractivity contribution < 1.29 is 9.53 Å². The van der Waals surface area contributed by atoms with Gasteiger partial charge in [0, 0.05) is 18.0 Å². The van der Waals surface area contributed by atoms with E-state index in [-0.39, 0.29) is 10.8 Å². The highest BCUT2D eigenvalue weighted by molar-refractivity contribution is 5.88. The Morgan fingerprint density at radius 3 is 2.23 bits per heavy atom. The molecule has 2 aromatic rings. The molecule has 1 aliphatic carbocycles. The van der Waals surface area contributed by atoms with Crippen LogP contribution in [0, 0.1) is 11.8 Å². The molecule has 0 bridgehead atoms. The van der Waals surface area contributed by atoms with Gasteiger partial charge in [0.25, 0.3) is 0 Å². The second-order valence-electron chi connectivity index (χ2n) is 8.07. The molecule has 0 saturated carbocycles. The van der Waals surface area contributed by atoms with Gasteiger partial charge >= 0.3 is 5.97 Å². The van der Waals surface area contributed by atoms with Gasteiger partial charge in [0.1, 0.15) is 0 Å². The minimum atomic E-state index is -0.455. The standard InChI is InChI=1S/C22H24N2O2/c1-21(2)10-11-22(3,4)18-12-15(6-8-17(18)21)7-9-19-23-13-16(14-24-19)20(25)26-5/h6,8,12-14H,10-11H2,1-5H3. The summed E-state index contributed by atoms with van der Waals surface area (Å²) in [5.41, 5.74) is 4.41. The Hall–Kier alpha value is -2.67. The van der Waals surface area contributed by atoms with Crippen LogP contribution < -0.4 is 0 Å². The fourth-order valence-electron chi connectivity index (χ4n) is 3.41. The van der Waals surface area contributed by atoms with Crippen molar-refractivity contribution in [1.29, 1.82) is 0 Å². The number of benzene rings is 1. The summed E-state index contributed by atoms with van der Waals surface area (Å²) in [4.78, 5) is 19.6. The molecule has 1 aromatic heterocycles. The maximum absolute atomic E-state index is 11.4. The molecule has 0 aliphatic heterocycles. The van der Waals surface area contributed by atoms with Crippen molar-refractivity contribution in [3.63, 3.8) is 0 Å². The first kappa shape index (κ1) is 18.1. The number of aromatic nitrogens is 2. The van der Waals surface area contributed by atoms with Gasteiger partial charge in [-0.2, -0.15) is 0 Å². The minimum Gasteiger partial charge on any atom is -0.465 e. The zero-order valence-electron chi connectivity index (χ0n) is 16.0. The van der Waals surface area contributed by atoms with Crippen molar-refractivity contribution in [2.24, 2.45) is 0 Å². The molecule has 1 heterocycles. The zero-order chi connectivity index (χ0) is 18.9. The van der Waals surface area contributed by atoms with Crippen LogP contribution in [-0.2, 0) is 15.6 Å². The SMILES string of the molecule is COC(=O)c1cnc(C#Cc2ccc3c(c2)C(C)(C)CCC3(C)C)nc1. The number of hydrogen-bond donors (Lipinski definition) is 0. The fourth-order valence-corrected chi connectivity index (χ4v) is 3.41. The topological polar surface area (TPSA) is 52.1 Å². The average Bonchev–Trinajstić information content (AvgIpc) is 2.63. The largest absolute Gasteiger partial charge is 0.465 e. The molecule has 1 aromatic carbocycles. The number of ether oxygens (including phenoxy) is 1. The van der Waals surface area contributed by atoms with Crippen molar-refractivity contribution in [3.8, 4) is 11.8 Å². The van der Waals surface area contributed by atoms with Gasteiger partial charge in [-0.1, -0.05) is 39.7 Å². The zero-order valence-corrected chi connectivity index (χ0v) is 16.0. The number of methoxy groups -OCH3 is 1. The smallest absolute Gasteiger partial charge is 0.341 e. The normalized spacial score (nSPS) is 16.8. The summed E-state index contributed by atoms with van der Waals surface area (Å²) in [5, 5.41) is 0. The van der Waals surface area contributed by atoms with Crippen LogP contribution >= 0.6 is 0 Å². The number of rotatable bonds is 1. The summed E-state index contributed by atoms with van der Waals surface area (Å²) < 4.78 is 4.64. The Bertz CT molecular complexity index is 900. The third-order valence-electron chi connectivity index (χ3n) is 5.24. The van der Waals surface area contributed by atoms with Crippen molar-refractivity contribution >= 4 is 5.97 Å². The second kappa shape index (κ2) is 6.57. The first-order valence-electron chi connectivity index (χ1n) is 8.80. The Balaban J connectivity index is 1.91. The van der Waals surface area contributed by atoms with E-state index in [1.54, 1.807) is 0 Å². The maximum atomic E-state index is 11.4. The van der Waals surface area contributed by atoms with Crippen molar-refractivity contribution in [2.75, 3.05) is 7.11 Å². The van der Waals surface area contributed by atoms with E-state index >= 15 is 0 Å². The third kappa shape index (κ3) is 3.48. The maximum Gasteiger partial charge on any atom is 0.341 e. The molecule has 0 N–H and O–H groups in total. The summed E-state index contributed by atoms with van der Waals surface area (Å²) in [7, 11) is 1.33. The van der Waals surface area contributed by atoms with Gasteiger partial charge in [-0.3, -0.25) is 0 Å². The van der Waals surface area contributed by atoms with E-state index in [4.69, 9.17) is 0 Å². The molecule has 0 fully saturated rings. The monoisotopic (exact) mass is 348 g/mol. The van der Waals surface area contributed by atoms with E-state index in [9.17, 15) is 4.79 Å². The van der Waals surface area contributed by atoms with Crippen molar-refractivity contribution in [1.82, 2.24) is 9.97 Å². The lowest BCUT2D eigenvalue weighted by Crippen LogP contribution is -2.33. The molecule has 0 spiro atoms. The first-order valence-corrected chi connectivity index (χ1v) is 8.80. The lowest BCUT2D eigenvalue weighted by atomic mass is 9.63. The van der Waals surface area contributed by atoms with Crippen LogP contribution in [0.1, 0.15) is 73.4 Å². The van der Waals surface area contributed by atoms with Crippen LogP contribution in [-0.4, -0.2) is 23.0 Å². The lowest BCUT2D eigenvalue weighted by Gasteiger charge is -2.41. The predicted molar refractivity (Wildman–Crippen MR) is 101 cm³/mol. The van der Waals surface area contributed by atoms with Crippen LogP contribution in [0.2, 0.25) is 0 Å². The minimum absolute atomic E-state index is 0.154. The Labute approximate surface area is 155 Å². The quantitative estimate of drug-likeness (QED) is 0.577. The molecule has 3 rings (SSSR count). The van der Waals surface area contributed by atoms with E-state index < -0.39 is 5.97 Å². The van der Waals surface area contributed by atoms with Gasteiger partial charge in [0.2, 0.25) is 5.82 Å². The molecule has 4 heteroatoms. The van der Waals surface area contributed by atoms with Crippen LogP contribution in [0.25, 0.3) is 0 Å². The van der Waals surface area contributed by atoms with Gasteiger partial charge in [-0.05, 0) is 52.9 Å². The molecule has 1 aliphatic rings. The molecule has 134 valence electrons. The Morgan fingerprint density at radius 2 is 1.62 bits per heavy atom. The van der Waals surface area contributed by atoms with E-state index in [1.165, 1.54) is 43.5 Å². The van der Waals surface area contributed by atoms with Crippen LogP contribution in [0.4, 0.5) is 0 Å². The first-order chi connectivity index (χ1) is 12.2. The highest BCUT2D eigenvalue weighted by atomic mass is 16.5. The molecule has 0 saturated heterocycles. The Morgan fingerprint density at radius 1 is 1.00 bits per heavy atom. The van der Waals surface area contributed by atoms with E-state index in [0.717, 1.165) is 5.56 Å².